The lowest BCUT2D eigenvalue weighted by Gasteiger charge is -2.10. The molecule has 0 spiro atoms. The van der Waals surface area contributed by atoms with Crippen LogP contribution in [0, 0.1) is 5.82 Å². The Balaban J connectivity index is 2.57. The molecule has 0 saturated carbocycles. The molecule has 3 nitrogen and oxygen atoms in total. The smallest absolute Gasteiger partial charge is 0.172 e. The highest BCUT2D eigenvalue weighted by Crippen LogP contribution is 2.35. The number of hydrogen-bond acceptors (Lipinski definition) is 3. The molecule has 0 saturated heterocycles. The van der Waals surface area contributed by atoms with Crippen LogP contribution in [-0.2, 0) is 11.2 Å². The molecule has 0 aliphatic rings. The number of halogens is 3. The lowest BCUT2D eigenvalue weighted by molar-refractivity contribution is 0.414. The highest BCUT2D eigenvalue weighted by atomic mass is 35.5. The van der Waals surface area contributed by atoms with Gasteiger partial charge in [0.1, 0.15) is 17.8 Å². The summed E-state index contributed by atoms with van der Waals surface area (Å²) in [6, 6.07) is 4.06. The molecule has 1 unspecified atom stereocenters. The number of hydrogen-bond donors (Lipinski definition) is 0. The third kappa shape index (κ3) is 3.01. The highest BCUT2D eigenvalue weighted by Gasteiger charge is 2.17. The van der Waals surface area contributed by atoms with Crippen molar-refractivity contribution in [3.8, 4) is 17.0 Å². The molecule has 1 aromatic carbocycles. The SMILES string of the molecule is COc1cc(-c2ncc([S+](C)[O-])cc2Cl)c(F)cc1Cl. The molecule has 0 aliphatic carbocycles. The largest absolute Gasteiger partial charge is 0.612 e. The Morgan fingerprint density at radius 2 is 1.95 bits per heavy atom. The van der Waals surface area contributed by atoms with Crippen LogP contribution in [0.5, 0.6) is 5.75 Å². The van der Waals surface area contributed by atoms with Gasteiger partial charge in [-0.1, -0.05) is 23.2 Å². The van der Waals surface area contributed by atoms with Crippen LogP contribution in [0.15, 0.2) is 29.3 Å². The molecule has 0 fully saturated rings. The van der Waals surface area contributed by atoms with Gasteiger partial charge in [-0.25, -0.2) is 9.37 Å². The number of rotatable bonds is 3. The van der Waals surface area contributed by atoms with Gasteiger partial charge in [-0.3, -0.25) is 0 Å². The predicted octanol–water partition coefficient (Wildman–Crippen LogP) is 3.94. The second kappa shape index (κ2) is 6.18. The van der Waals surface area contributed by atoms with Crippen molar-refractivity contribution in [2.75, 3.05) is 13.4 Å². The Morgan fingerprint density at radius 1 is 1.25 bits per heavy atom. The van der Waals surface area contributed by atoms with E-state index in [1.54, 1.807) is 0 Å². The van der Waals surface area contributed by atoms with Crippen molar-refractivity contribution in [3.63, 3.8) is 0 Å². The first-order valence-electron chi connectivity index (χ1n) is 5.46. The monoisotopic (exact) mass is 333 g/mol. The molecule has 1 aromatic heterocycles. The second-order valence-electron chi connectivity index (χ2n) is 3.92. The van der Waals surface area contributed by atoms with Crippen LogP contribution in [0.4, 0.5) is 4.39 Å². The van der Waals surface area contributed by atoms with Crippen molar-refractivity contribution in [1.29, 1.82) is 0 Å². The number of ether oxygens (including phenoxy) is 1. The van der Waals surface area contributed by atoms with E-state index in [0.717, 1.165) is 6.07 Å². The molecular formula is C13H10Cl2FNO2S. The molecule has 7 heteroatoms. The predicted molar refractivity (Wildman–Crippen MR) is 78.5 cm³/mol. The third-order valence-corrected chi connectivity index (χ3v) is 4.12. The van der Waals surface area contributed by atoms with Crippen LogP contribution in [0.2, 0.25) is 10.0 Å². The maximum absolute atomic E-state index is 14.0. The minimum absolute atomic E-state index is 0.163. The van der Waals surface area contributed by atoms with Crippen LogP contribution in [0.25, 0.3) is 11.3 Å². The van der Waals surface area contributed by atoms with E-state index in [-0.39, 0.29) is 21.3 Å². The average molecular weight is 334 g/mol. The Bertz CT molecular complexity index is 653. The van der Waals surface area contributed by atoms with E-state index in [9.17, 15) is 8.94 Å². The van der Waals surface area contributed by atoms with Crippen molar-refractivity contribution in [3.05, 3.63) is 40.3 Å². The normalized spacial score (nSPS) is 12.3. The van der Waals surface area contributed by atoms with Gasteiger partial charge >= 0.3 is 0 Å². The highest BCUT2D eigenvalue weighted by molar-refractivity contribution is 7.90. The first-order chi connectivity index (χ1) is 9.43. The van der Waals surface area contributed by atoms with Gasteiger partial charge in [0, 0.05) is 11.6 Å². The quantitative estimate of drug-likeness (QED) is 0.799. The van der Waals surface area contributed by atoms with Gasteiger partial charge in [-0.2, -0.15) is 0 Å². The van der Waals surface area contributed by atoms with Gasteiger partial charge in [0.15, 0.2) is 4.90 Å². The van der Waals surface area contributed by atoms with E-state index in [1.807, 2.05) is 0 Å². The molecule has 0 amide bonds. The Labute approximate surface area is 128 Å². The van der Waals surface area contributed by atoms with Crippen molar-refractivity contribution < 1.29 is 13.7 Å². The van der Waals surface area contributed by atoms with E-state index in [1.165, 1.54) is 31.7 Å². The summed E-state index contributed by atoms with van der Waals surface area (Å²) in [6.45, 7) is 0. The third-order valence-electron chi connectivity index (χ3n) is 2.64. The molecule has 20 heavy (non-hydrogen) atoms. The first kappa shape index (κ1) is 15.4. The zero-order valence-electron chi connectivity index (χ0n) is 10.6. The van der Waals surface area contributed by atoms with Gasteiger partial charge in [-0.05, 0) is 23.3 Å². The van der Waals surface area contributed by atoms with Gasteiger partial charge in [0.25, 0.3) is 0 Å². The lowest BCUT2D eigenvalue weighted by atomic mass is 10.1. The zero-order chi connectivity index (χ0) is 14.9. The molecule has 0 N–H and O–H groups in total. The van der Waals surface area contributed by atoms with E-state index in [0.29, 0.717) is 10.6 Å². The fourth-order valence-electron chi connectivity index (χ4n) is 1.64. The summed E-state index contributed by atoms with van der Waals surface area (Å²) in [4.78, 5) is 4.54. The minimum atomic E-state index is -1.21. The molecule has 2 aromatic rings. The van der Waals surface area contributed by atoms with E-state index in [2.05, 4.69) is 4.98 Å². The fourth-order valence-corrected chi connectivity index (χ4v) is 2.69. The van der Waals surface area contributed by atoms with Gasteiger partial charge in [-0.15, -0.1) is 0 Å². The van der Waals surface area contributed by atoms with Crippen LogP contribution < -0.4 is 4.74 Å². The lowest BCUT2D eigenvalue weighted by Crippen LogP contribution is -1.99. The molecular weight excluding hydrogens is 324 g/mol. The van der Waals surface area contributed by atoms with Crippen molar-refractivity contribution in [2.24, 2.45) is 0 Å². The fraction of sp³-hybridized carbons (Fsp3) is 0.154. The van der Waals surface area contributed by atoms with Gasteiger partial charge < -0.3 is 9.29 Å². The standard InChI is InChI=1S/C13H10Cl2FNO2S/c1-19-12-4-8(11(16)5-9(12)14)13-10(15)3-7(6-17-13)20(2)18/h3-6H,1-2H3. The summed E-state index contributed by atoms with van der Waals surface area (Å²) in [5.74, 6) is -0.236. The molecule has 2 rings (SSSR count). The molecule has 0 radical (unpaired) electrons. The number of methoxy groups -OCH3 is 1. The van der Waals surface area contributed by atoms with E-state index in [4.69, 9.17) is 27.9 Å². The van der Waals surface area contributed by atoms with Crippen LogP contribution in [-0.4, -0.2) is 22.9 Å². The maximum Gasteiger partial charge on any atom is 0.172 e. The topological polar surface area (TPSA) is 45.2 Å². The summed E-state index contributed by atoms with van der Waals surface area (Å²) in [5.41, 5.74) is 0.415. The summed E-state index contributed by atoms with van der Waals surface area (Å²) in [5, 5.41) is 0.372. The van der Waals surface area contributed by atoms with Gasteiger partial charge in [0.05, 0.1) is 29.0 Å². The van der Waals surface area contributed by atoms with Crippen molar-refractivity contribution in [2.45, 2.75) is 4.90 Å². The Morgan fingerprint density at radius 3 is 2.50 bits per heavy atom. The number of benzene rings is 1. The maximum atomic E-state index is 14.0. The zero-order valence-corrected chi connectivity index (χ0v) is 12.9. The molecule has 106 valence electrons. The number of nitrogens with zero attached hydrogens (tertiary/aromatic N) is 1. The van der Waals surface area contributed by atoms with Crippen molar-refractivity contribution in [1.82, 2.24) is 4.98 Å². The van der Waals surface area contributed by atoms with Crippen LogP contribution >= 0.6 is 23.2 Å². The van der Waals surface area contributed by atoms with Crippen LogP contribution in [0.3, 0.4) is 0 Å². The molecule has 1 atom stereocenters. The first-order valence-corrected chi connectivity index (χ1v) is 7.77. The number of aromatic nitrogens is 1. The van der Waals surface area contributed by atoms with Crippen LogP contribution in [0.1, 0.15) is 0 Å². The van der Waals surface area contributed by atoms with Crippen molar-refractivity contribution >= 4 is 34.4 Å². The molecule has 0 aliphatic heterocycles. The summed E-state index contributed by atoms with van der Waals surface area (Å²) >= 11 is 10.7. The summed E-state index contributed by atoms with van der Waals surface area (Å²) in [7, 11) is 1.43. The summed E-state index contributed by atoms with van der Waals surface area (Å²) < 4.78 is 30.4. The number of pyridine rings is 1. The Kier molecular flexibility index (Phi) is 4.75. The second-order valence-corrected chi connectivity index (χ2v) is 6.12. The average Bonchev–Trinajstić information content (AvgIpc) is 2.39. The van der Waals surface area contributed by atoms with Gasteiger partial charge in [0.2, 0.25) is 0 Å². The summed E-state index contributed by atoms with van der Waals surface area (Å²) in [6.07, 6.45) is 2.91. The molecule has 1 heterocycles. The van der Waals surface area contributed by atoms with E-state index < -0.39 is 17.0 Å². The minimum Gasteiger partial charge on any atom is -0.612 e. The Hall–Kier alpha value is -1.01. The molecule has 0 bridgehead atoms. The van der Waals surface area contributed by atoms with E-state index >= 15 is 0 Å².